The van der Waals surface area contributed by atoms with E-state index < -0.39 is 5.97 Å². The predicted octanol–water partition coefficient (Wildman–Crippen LogP) is 0.705. The summed E-state index contributed by atoms with van der Waals surface area (Å²) in [4.78, 5) is 13.1. The van der Waals surface area contributed by atoms with Gasteiger partial charge < -0.3 is 10.0 Å². The van der Waals surface area contributed by atoms with Gasteiger partial charge in [-0.25, -0.2) is 4.79 Å². The molecule has 0 fully saturated rings. The molecule has 1 aliphatic rings. The van der Waals surface area contributed by atoms with E-state index in [1.54, 1.807) is 0 Å². The van der Waals surface area contributed by atoms with Crippen molar-refractivity contribution in [3.05, 3.63) is 17.5 Å². The number of hydrogen-bond donors (Lipinski definition) is 1. The van der Waals surface area contributed by atoms with E-state index in [1.165, 1.54) is 6.20 Å². The summed E-state index contributed by atoms with van der Waals surface area (Å²) < 4.78 is 1.83. The fourth-order valence-corrected chi connectivity index (χ4v) is 2.35. The molecule has 1 aromatic rings. The average Bonchev–Trinajstić information content (AvgIpc) is 2.59. The Balaban J connectivity index is 2.17. The van der Waals surface area contributed by atoms with Crippen LogP contribution in [0.1, 0.15) is 22.5 Å². The molecule has 0 radical (unpaired) electrons. The third-order valence-corrected chi connectivity index (χ3v) is 3.03. The Bertz CT molecular complexity index is 398. The van der Waals surface area contributed by atoms with Crippen LogP contribution in [0.25, 0.3) is 0 Å². The van der Waals surface area contributed by atoms with Crippen molar-refractivity contribution in [3.63, 3.8) is 0 Å². The normalized spacial score (nSPS) is 19.8. The van der Waals surface area contributed by atoms with Gasteiger partial charge >= 0.3 is 5.97 Å². The largest absolute Gasteiger partial charge is 0.478 e. The SMILES string of the molecule is CN(C)C[C@@H]1CCn2ncc(C(=O)O)c2C1. The Morgan fingerprint density at radius 1 is 1.69 bits per heavy atom. The van der Waals surface area contributed by atoms with Crippen molar-refractivity contribution in [3.8, 4) is 0 Å². The molecular weight excluding hydrogens is 206 g/mol. The van der Waals surface area contributed by atoms with Crippen LogP contribution in [0.4, 0.5) is 0 Å². The lowest BCUT2D eigenvalue weighted by Crippen LogP contribution is -2.29. The number of aromatic nitrogens is 2. The summed E-state index contributed by atoms with van der Waals surface area (Å²) in [5.74, 6) is -0.330. The smallest absolute Gasteiger partial charge is 0.339 e. The van der Waals surface area contributed by atoms with Crippen LogP contribution in [0, 0.1) is 5.92 Å². The molecule has 16 heavy (non-hydrogen) atoms. The van der Waals surface area contributed by atoms with E-state index in [1.807, 2.05) is 18.8 Å². The number of carboxylic acids is 1. The van der Waals surface area contributed by atoms with E-state index >= 15 is 0 Å². The van der Waals surface area contributed by atoms with E-state index in [4.69, 9.17) is 5.11 Å². The Hall–Kier alpha value is -1.36. The molecule has 88 valence electrons. The van der Waals surface area contributed by atoms with Gasteiger partial charge in [-0.1, -0.05) is 0 Å². The van der Waals surface area contributed by atoms with Crippen LogP contribution in [0.5, 0.6) is 0 Å². The lowest BCUT2D eigenvalue weighted by Gasteiger charge is -2.26. The van der Waals surface area contributed by atoms with Gasteiger partial charge in [0, 0.05) is 13.1 Å². The quantitative estimate of drug-likeness (QED) is 0.819. The summed E-state index contributed by atoms with van der Waals surface area (Å²) in [6.07, 6.45) is 3.36. The van der Waals surface area contributed by atoms with Gasteiger partial charge in [-0.2, -0.15) is 5.10 Å². The molecule has 1 N–H and O–H groups in total. The number of nitrogens with zero attached hydrogens (tertiary/aromatic N) is 3. The number of aromatic carboxylic acids is 1. The summed E-state index contributed by atoms with van der Waals surface area (Å²) in [7, 11) is 4.09. The molecule has 5 heteroatoms. The van der Waals surface area contributed by atoms with E-state index in [0.717, 1.165) is 31.6 Å². The van der Waals surface area contributed by atoms with E-state index in [9.17, 15) is 4.79 Å². The second-order valence-electron chi connectivity index (χ2n) is 4.65. The average molecular weight is 223 g/mol. The van der Waals surface area contributed by atoms with Crippen molar-refractivity contribution in [1.29, 1.82) is 0 Å². The first-order chi connectivity index (χ1) is 7.58. The minimum atomic E-state index is -0.869. The molecule has 0 bridgehead atoms. The Kier molecular flexibility index (Phi) is 2.96. The van der Waals surface area contributed by atoms with Crippen molar-refractivity contribution in [2.45, 2.75) is 19.4 Å². The fraction of sp³-hybridized carbons (Fsp3) is 0.636. The minimum Gasteiger partial charge on any atom is -0.478 e. The lowest BCUT2D eigenvalue weighted by molar-refractivity contribution is 0.0694. The number of carboxylic acid groups (broad SMARTS) is 1. The fourth-order valence-electron chi connectivity index (χ4n) is 2.35. The lowest BCUT2D eigenvalue weighted by atomic mass is 9.94. The zero-order chi connectivity index (χ0) is 11.7. The molecule has 0 spiro atoms. The van der Waals surface area contributed by atoms with Gasteiger partial charge in [0.15, 0.2) is 0 Å². The first kappa shape index (κ1) is 11.1. The van der Waals surface area contributed by atoms with Crippen LogP contribution in [-0.4, -0.2) is 46.4 Å². The second kappa shape index (κ2) is 4.25. The molecule has 2 heterocycles. The highest BCUT2D eigenvalue weighted by Gasteiger charge is 2.25. The number of hydrogen-bond acceptors (Lipinski definition) is 3. The zero-order valence-corrected chi connectivity index (χ0v) is 9.68. The van der Waals surface area contributed by atoms with Crippen molar-refractivity contribution in [2.24, 2.45) is 5.92 Å². The van der Waals surface area contributed by atoms with Crippen LogP contribution in [0.3, 0.4) is 0 Å². The molecule has 0 saturated heterocycles. The van der Waals surface area contributed by atoms with E-state index in [0.29, 0.717) is 11.5 Å². The van der Waals surface area contributed by atoms with Crippen LogP contribution >= 0.6 is 0 Å². The summed E-state index contributed by atoms with van der Waals surface area (Å²) >= 11 is 0. The molecule has 2 rings (SSSR count). The first-order valence-electron chi connectivity index (χ1n) is 5.50. The number of rotatable bonds is 3. The Labute approximate surface area is 94.7 Å². The van der Waals surface area contributed by atoms with Crippen LogP contribution in [0.15, 0.2) is 6.20 Å². The zero-order valence-electron chi connectivity index (χ0n) is 9.68. The molecule has 1 aromatic heterocycles. The topological polar surface area (TPSA) is 58.4 Å². The minimum absolute atomic E-state index is 0.364. The maximum atomic E-state index is 11.0. The highest BCUT2D eigenvalue weighted by molar-refractivity contribution is 5.88. The summed E-state index contributed by atoms with van der Waals surface area (Å²) in [6.45, 7) is 1.84. The molecule has 1 atom stereocenters. The van der Waals surface area contributed by atoms with Gasteiger partial charge in [0.2, 0.25) is 0 Å². The maximum absolute atomic E-state index is 11.0. The third kappa shape index (κ3) is 2.09. The van der Waals surface area contributed by atoms with Crippen molar-refractivity contribution in [2.75, 3.05) is 20.6 Å². The van der Waals surface area contributed by atoms with Gasteiger partial charge in [0.05, 0.1) is 11.9 Å². The van der Waals surface area contributed by atoms with Crippen molar-refractivity contribution in [1.82, 2.24) is 14.7 Å². The Morgan fingerprint density at radius 3 is 3.06 bits per heavy atom. The highest BCUT2D eigenvalue weighted by Crippen LogP contribution is 2.23. The van der Waals surface area contributed by atoms with Crippen molar-refractivity contribution < 1.29 is 9.90 Å². The number of carbonyl (C=O) groups is 1. The van der Waals surface area contributed by atoms with Gasteiger partial charge in [-0.15, -0.1) is 0 Å². The van der Waals surface area contributed by atoms with Gasteiger partial charge in [0.25, 0.3) is 0 Å². The van der Waals surface area contributed by atoms with Crippen LogP contribution in [0.2, 0.25) is 0 Å². The standard InChI is InChI=1S/C11H17N3O2/c1-13(2)7-8-3-4-14-10(5-8)9(6-12-14)11(15)16/h6,8H,3-5,7H2,1-2H3,(H,15,16)/t8-/m1/s1. The van der Waals surface area contributed by atoms with Crippen molar-refractivity contribution >= 4 is 5.97 Å². The molecule has 0 aliphatic carbocycles. The third-order valence-electron chi connectivity index (χ3n) is 3.03. The van der Waals surface area contributed by atoms with E-state index in [-0.39, 0.29) is 0 Å². The van der Waals surface area contributed by atoms with Crippen LogP contribution in [-0.2, 0) is 13.0 Å². The van der Waals surface area contributed by atoms with Gasteiger partial charge in [-0.3, -0.25) is 4.68 Å². The number of aryl methyl sites for hydroxylation is 1. The molecule has 0 saturated carbocycles. The molecular formula is C11H17N3O2. The predicted molar refractivity (Wildman–Crippen MR) is 59.6 cm³/mol. The van der Waals surface area contributed by atoms with Gasteiger partial charge in [0.1, 0.15) is 5.56 Å². The van der Waals surface area contributed by atoms with Gasteiger partial charge in [-0.05, 0) is 32.9 Å². The summed E-state index contributed by atoms with van der Waals surface area (Å²) in [6, 6.07) is 0. The second-order valence-corrected chi connectivity index (χ2v) is 4.65. The first-order valence-corrected chi connectivity index (χ1v) is 5.50. The maximum Gasteiger partial charge on any atom is 0.339 e. The summed E-state index contributed by atoms with van der Waals surface area (Å²) in [5.41, 5.74) is 1.24. The molecule has 0 aromatic carbocycles. The van der Waals surface area contributed by atoms with Crippen LogP contribution < -0.4 is 0 Å². The molecule has 0 amide bonds. The summed E-state index contributed by atoms with van der Waals surface area (Å²) in [5, 5.41) is 13.1. The highest BCUT2D eigenvalue weighted by atomic mass is 16.4. The van der Waals surface area contributed by atoms with E-state index in [2.05, 4.69) is 10.00 Å². The monoisotopic (exact) mass is 223 g/mol. The molecule has 1 aliphatic heterocycles. The Morgan fingerprint density at radius 2 is 2.44 bits per heavy atom. The molecule has 0 unspecified atom stereocenters. The molecule has 5 nitrogen and oxygen atoms in total. The number of fused-ring (bicyclic) bond motifs is 1.